The number of hydrogen-bond acceptors (Lipinski definition) is 4. The van der Waals surface area contributed by atoms with Crippen LogP contribution in [-0.2, 0) is 0 Å². The van der Waals surface area contributed by atoms with Gasteiger partial charge in [0.1, 0.15) is 0 Å². The van der Waals surface area contributed by atoms with E-state index in [1.807, 2.05) is 0 Å². The number of nitrogens with zero attached hydrogens (tertiary/aromatic N) is 3. The van der Waals surface area contributed by atoms with E-state index >= 15 is 0 Å². The fraction of sp³-hybridized carbons (Fsp3) is 0. The molecule has 1 aromatic carbocycles. The van der Waals surface area contributed by atoms with Crippen LogP contribution >= 0.6 is 11.3 Å². The number of halogens is 2. The molecule has 0 amide bonds. The molecule has 0 aliphatic carbocycles. The summed E-state index contributed by atoms with van der Waals surface area (Å²) in [7, 11) is 0. The molecule has 0 aliphatic heterocycles. The lowest BCUT2D eigenvalue weighted by molar-refractivity contribution is 0.509. The average Bonchev–Trinajstić information content (AvgIpc) is 2.79. The number of imidazole rings is 1. The molecular formula is C10H6F2N4S. The molecule has 4 nitrogen and oxygen atoms in total. The van der Waals surface area contributed by atoms with Crippen LogP contribution in [0, 0.1) is 11.6 Å². The highest BCUT2D eigenvalue weighted by atomic mass is 32.1. The number of anilines is 1. The lowest BCUT2D eigenvalue weighted by Gasteiger charge is -1.97. The van der Waals surface area contributed by atoms with E-state index in [0.717, 1.165) is 12.1 Å². The summed E-state index contributed by atoms with van der Waals surface area (Å²) in [6.45, 7) is 0. The van der Waals surface area contributed by atoms with Crippen LogP contribution in [0.15, 0.2) is 24.4 Å². The summed E-state index contributed by atoms with van der Waals surface area (Å²) >= 11 is 1.23. The minimum Gasteiger partial charge on any atom is -0.374 e. The first kappa shape index (κ1) is 10.2. The third-order valence-corrected chi connectivity index (χ3v) is 3.03. The molecular weight excluding hydrogens is 246 g/mol. The summed E-state index contributed by atoms with van der Waals surface area (Å²) in [5.74, 6) is -1.77. The van der Waals surface area contributed by atoms with Gasteiger partial charge in [-0.3, -0.25) is 0 Å². The minimum atomic E-state index is -0.897. The second-order valence-corrected chi connectivity index (χ2v) is 4.41. The molecule has 0 atom stereocenters. The molecule has 3 aromatic rings. The molecule has 7 heteroatoms. The van der Waals surface area contributed by atoms with Gasteiger partial charge in [0.05, 0.1) is 11.9 Å². The van der Waals surface area contributed by atoms with Crippen LogP contribution in [0.1, 0.15) is 0 Å². The fourth-order valence-electron chi connectivity index (χ4n) is 1.51. The maximum absolute atomic E-state index is 13.1. The van der Waals surface area contributed by atoms with Crippen molar-refractivity contribution in [3.8, 4) is 11.3 Å². The van der Waals surface area contributed by atoms with E-state index in [-0.39, 0.29) is 0 Å². The first-order chi connectivity index (χ1) is 8.13. The summed E-state index contributed by atoms with van der Waals surface area (Å²) in [6, 6.07) is 3.64. The molecule has 2 N–H and O–H groups in total. The normalized spacial score (nSPS) is 11.2. The molecule has 0 saturated carbocycles. The Labute approximate surface area is 98.3 Å². The third kappa shape index (κ3) is 1.64. The Morgan fingerprint density at radius 3 is 2.76 bits per heavy atom. The molecule has 0 radical (unpaired) electrons. The van der Waals surface area contributed by atoms with E-state index < -0.39 is 11.6 Å². The Morgan fingerprint density at radius 1 is 1.24 bits per heavy atom. The predicted octanol–water partition coefficient (Wildman–Crippen LogP) is 2.32. The Morgan fingerprint density at radius 2 is 2.06 bits per heavy atom. The average molecular weight is 252 g/mol. The van der Waals surface area contributed by atoms with Gasteiger partial charge in [0.2, 0.25) is 10.1 Å². The van der Waals surface area contributed by atoms with Gasteiger partial charge < -0.3 is 5.73 Å². The molecule has 0 saturated heterocycles. The highest BCUT2D eigenvalue weighted by molar-refractivity contribution is 7.20. The molecule has 2 heterocycles. The van der Waals surface area contributed by atoms with Crippen molar-refractivity contribution >= 4 is 21.4 Å². The lowest BCUT2D eigenvalue weighted by atomic mass is 10.1. The van der Waals surface area contributed by atoms with Gasteiger partial charge >= 0.3 is 0 Å². The molecule has 3 rings (SSSR count). The van der Waals surface area contributed by atoms with Crippen LogP contribution in [0.5, 0.6) is 0 Å². The number of benzene rings is 1. The van der Waals surface area contributed by atoms with Crippen LogP contribution in [0.4, 0.5) is 13.9 Å². The maximum atomic E-state index is 13.1. The first-order valence-corrected chi connectivity index (χ1v) is 5.52. The number of aromatic nitrogens is 3. The van der Waals surface area contributed by atoms with Crippen molar-refractivity contribution in [3.63, 3.8) is 0 Å². The summed E-state index contributed by atoms with van der Waals surface area (Å²) in [6.07, 6.45) is 1.62. The van der Waals surface area contributed by atoms with Crippen LogP contribution < -0.4 is 5.73 Å². The number of nitrogen functional groups attached to an aromatic ring is 1. The van der Waals surface area contributed by atoms with E-state index in [9.17, 15) is 8.78 Å². The molecule has 2 aromatic heterocycles. The van der Waals surface area contributed by atoms with E-state index in [2.05, 4.69) is 10.1 Å². The number of hydrogen-bond donors (Lipinski definition) is 1. The van der Waals surface area contributed by atoms with Gasteiger partial charge in [-0.05, 0) is 18.2 Å². The zero-order valence-corrected chi connectivity index (χ0v) is 9.21. The Bertz CT molecular complexity index is 672. The van der Waals surface area contributed by atoms with Crippen molar-refractivity contribution in [2.24, 2.45) is 0 Å². The highest BCUT2D eigenvalue weighted by Gasteiger charge is 2.10. The lowest BCUT2D eigenvalue weighted by Crippen LogP contribution is -1.87. The van der Waals surface area contributed by atoms with Crippen LogP contribution in [-0.4, -0.2) is 14.6 Å². The minimum absolute atomic E-state index is 0.407. The van der Waals surface area contributed by atoms with Crippen LogP contribution in [0.2, 0.25) is 0 Å². The van der Waals surface area contributed by atoms with Gasteiger partial charge in [-0.2, -0.15) is 0 Å². The standard InChI is InChI=1S/C10H6F2N4S/c11-6-2-1-5(3-7(6)12)8-4-16-10(14-8)17-9(13)15-16/h1-4H,(H2,13,15). The quantitative estimate of drug-likeness (QED) is 0.723. The van der Waals surface area contributed by atoms with Gasteiger partial charge in [0.15, 0.2) is 11.6 Å². The molecule has 0 spiro atoms. The van der Waals surface area contributed by atoms with Gasteiger partial charge in [-0.15, -0.1) is 5.10 Å². The summed E-state index contributed by atoms with van der Waals surface area (Å²) in [5.41, 5.74) is 6.54. The molecule has 17 heavy (non-hydrogen) atoms. The zero-order chi connectivity index (χ0) is 12.0. The topological polar surface area (TPSA) is 56.2 Å². The Hall–Kier alpha value is -2.02. The summed E-state index contributed by atoms with van der Waals surface area (Å²) < 4.78 is 27.4. The molecule has 0 fully saturated rings. The SMILES string of the molecule is Nc1nn2cc(-c3ccc(F)c(F)c3)nc2s1. The van der Waals surface area contributed by atoms with E-state index in [4.69, 9.17) is 5.73 Å². The second-order valence-electron chi connectivity index (χ2n) is 3.42. The molecule has 86 valence electrons. The predicted molar refractivity (Wildman–Crippen MR) is 60.6 cm³/mol. The number of fused-ring (bicyclic) bond motifs is 1. The monoisotopic (exact) mass is 252 g/mol. The van der Waals surface area contributed by atoms with Gasteiger partial charge in [0, 0.05) is 5.56 Å². The van der Waals surface area contributed by atoms with Gasteiger partial charge in [-0.1, -0.05) is 11.3 Å². The number of nitrogens with two attached hydrogens (primary N) is 1. The van der Waals surface area contributed by atoms with Crippen molar-refractivity contribution in [1.29, 1.82) is 0 Å². The van der Waals surface area contributed by atoms with Crippen molar-refractivity contribution in [2.45, 2.75) is 0 Å². The van der Waals surface area contributed by atoms with E-state index in [1.54, 1.807) is 6.20 Å². The van der Waals surface area contributed by atoms with Crippen molar-refractivity contribution in [1.82, 2.24) is 14.6 Å². The Balaban J connectivity index is 2.13. The van der Waals surface area contributed by atoms with E-state index in [1.165, 1.54) is 21.9 Å². The van der Waals surface area contributed by atoms with Crippen molar-refractivity contribution in [3.05, 3.63) is 36.0 Å². The third-order valence-electron chi connectivity index (χ3n) is 2.27. The molecule has 0 aliphatic rings. The first-order valence-electron chi connectivity index (χ1n) is 4.70. The molecule has 0 unspecified atom stereocenters. The zero-order valence-electron chi connectivity index (χ0n) is 8.39. The smallest absolute Gasteiger partial charge is 0.214 e. The summed E-state index contributed by atoms with van der Waals surface area (Å²) in [5, 5.41) is 4.39. The maximum Gasteiger partial charge on any atom is 0.214 e. The number of rotatable bonds is 1. The highest BCUT2D eigenvalue weighted by Crippen LogP contribution is 2.24. The molecule has 0 bridgehead atoms. The summed E-state index contributed by atoms with van der Waals surface area (Å²) in [4.78, 5) is 4.84. The van der Waals surface area contributed by atoms with Gasteiger partial charge in [-0.25, -0.2) is 18.3 Å². The van der Waals surface area contributed by atoms with Crippen molar-refractivity contribution in [2.75, 3.05) is 5.73 Å². The second kappa shape index (κ2) is 3.49. The van der Waals surface area contributed by atoms with Crippen molar-refractivity contribution < 1.29 is 8.78 Å². The van der Waals surface area contributed by atoms with Crippen LogP contribution in [0.3, 0.4) is 0 Å². The fourth-order valence-corrected chi connectivity index (χ4v) is 2.16. The Kier molecular flexibility index (Phi) is 2.08. The van der Waals surface area contributed by atoms with Crippen LogP contribution in [0.25, 0.3) is 16.2 Å². The van der Waals surface area contributed by atoms with Gasteiger partial charge in [0.25, 0.3) is 0 Å². The van der Waals surface area contributed by atoms with E-state index in [0.29, 0.717) is 21.3 Å². The largest absolute Gasteiger partial charge is 0.374 e.